The van der Waals surface area contributed by atoms with Gasteiger partial charge in [-0.05, 0) is 29.0 Å². The van der Waals surface area contributed by atoms with Gasteiger partial charge in [-0.3, -0.25) is 4.98 Å². The van der Waals surface area contributed by atoms with Crippen LogP contribution in [0.15, 0.2) is 18.3 Å². The monoisotopic (exact) mass is 233 g/mol. The zero-order valence-corrected chi connectivity index (χ0v) is 11.5. The predicted molar refractivity (Wildman–Crippen MR) is 72.4 cm³/mol. The lowest BCUT2D eigenvalue weighted by Crippen LogP contribution is -2.11. The Balaban J connectivity index is 2.68. The molecule has 1 nitrogen and oxygen atoms in total. The van der Waals surface area contributed by atoms with Crippen LogP contribution in [-0.2, 0) is 5.41 Å². The Morgan fingerprint density at radius 3 is 2.50 bits per heavy atom. The van der Waals surface area contributed by atoms with Crippen LogP contribution in [0, 0.1) is 0 Å². The fourth-order valence-electron chi connectivity index (χ4n) is 1.83. The first-order chi connectivity index (χ1) is 7.39. The third-order valence-electron chi connectivity index (χ3n) is 2.81. The van der Waals surface area contributed by atoms with E-state index in [1.54, 1.807) is 0 Å². The number of pyridine rings is 1. The third kappa shape index (κ3) is 1.99. The average molecular weight is 233 g/mol. The molecule has 0 aliphatic rings. The van der Waals surface area contributed by atoms with Crippen LogP contribution >= 0.6 is 11.3 Å². The van der Waals surface area contributed by atoms with Crippen LogP contribution in [0.25, 0.3) is 10.2 Å². The first-order valence-corrected chi connectivity index (χ1v) is 6.60. The van der Waals surface area contributed by atoms with E-state index >= 15 is 0 Å². The summed E-state index contributed by atoms with van der Waals surface area (Å²) in [6.07, 6.45) is 1.93. The Morgan fingerprint density at radius 1 is 1.25 bits per heavy atom. The molecule has 0 N–H and O–H groups in total. The van der Waals surface area contributed by atoms with Gasteiger partial charge in [-0.25, -0.2) is 0 Å². The van der Waals surface area contributed by atoms with Gasteiger partial charge in [0.2, 0.25) is 0 Å². The summed E-state index contributed by atoms with van der Waals surface area (Å²) in [6.45, 7) is 11.3. The predicted octanol–water partition coefficient (Wildman–Crippen LogP) is 4.72. The Morgan fingerprint density at radius 2 is 1.94 bits per heavy atom. The minimum atomic E-state index is 0.195. The van der Waals surface area contributed by atoms with Crippen molar-refractivity contribution in [3.8, 4) is 0 Å². The maximum Gasteiger partial charge on any atom is 0.0815 e. The normalized spacial score (nSPS) is 12.6. The molecule has 0 aromatic carbocycles. The van der Waals surface area contributed by atoms with Crippen molar-refractivity contribution in [2.45, 2.75) is 46.0 Å². The van der Waals surface area contributed by atoms with Crippen LogP contribution in [-0.4, -0.2) is 4.98 Å². The fraction of sp³-hybridized carbons (Fsp3) is 0.500. The lowest BCUT2D eigenvalue weighted by atomic mass is 9.87. The first-order valence-electron chi connectivity index (χ1n) is 5.78. The maximum atomic E-state index is 4.47. The van der Waals surface area contributed by atoms with Gasteiger partial charge in [-0.2, -0.15) is 0 Å². The van der Waals surface area contributed by atoms with E-state index in [9.17, 15) is 0 Å². The number of rotatable bonds is 1. The van der Waals surface area contributed by atoms with Gasteiger partial charge in [0.1, 0.15) is 0 Å². The van der Waals surface area contributed by atoms with Crippen molar-refractivity contribution in [3.05, 3.63) is 28.8 Å². The second-order valence-corrected chi connectivity index (χ2v) is 6.71. The minimum Gasteiger partial charge on any atom is -0.255 e. The van der Waals surface area contributed by atoms with Crippen molar-refractivity contribution in [3.63, 3.8) is 0 Å². The summed E-state index contributed by atoms with van der Waals surface area (Å²) < 4.78 is 1.36. The van der Waals surface area contributed by atoms with Crippen molar-refractivity contribution < 1.29 is 0 Å². The largest absolute Gasteiger partial charge is 0.255 e. The molecular formula is C14H19NS. The molecule has 2 heteroatoms. The third-order valence-corrected chi connectivity index (χ3v) is 4.27. The summed E-state index contributed by atoms with van der Waals surface area (Å²) in [4.78, 5) is 5.90. The molecular weight excluding hydrogens is 214 g/mol. The highest BCUT2D eigenvalue weighted by atomic mass is 32.1. The van der Waals surface area contributed by atoms with Crippen molar-refractivity contribution in [1.82, 2.24) is 4.98 Å². The van der Waals surface area contributed by atoms with E-state index in [0.717, 1.165) is 5.52 Å². The van der Waals surface area contributed by atoms with E-state index in [1.807, 2.05) is 17.5 Å². The second kappa shape index (κ2) is 3.85. The van der Waals surface area contributed by atoms with Gasteiger partial charge < -0.3 is 0 Å². The number of hydrogen-bond donors (Lipinski definition) is 0. The van der Waals surface area contributed by atoms with Gasteiger partial charge in [-0.15, -0.1) is 11.3 Å². The van der Waals surface area contributed by atoms with Crippen LogP contribution in [0.2, 0.25) is 0 Å². The van der Waals surface area contributed by atoms with E-state index in [4.69, 9.17) is 0 Å². The van der Waals surface area contributed by atoms with Crippen molar-refractivity contribution >= 4 is 21.6 Å². The van der Waals surface area contributed by atoms with Gasteiger partial charge in [0, 0.05) is 11.1 Å². The molecule has 0 unspecified atom stereocenters. The van der Waals surface area contributed by atoms with Crippen molar-refractivity contribution in [2.24, 2.45) is 0 Å². The highest BCUT2D eigenvalue weighted by Gasteiger charge is 2.19. The van der Waals surface area contributed by atoms with E-state index in [2.05, 4.69) is 51.7 Å². The van der Waals surface area contributed by atoms with Crippen molar-refractivity contribution in [1.29, 1.82) is 0 Å². The lowest BCUT2D eigenvalue weighted by molar-refractivity contribution is 0.596. The summed E-state index contributed by atoms with van der Waals surface area (Å²) >= 11 is 1.90. The summed E-state index contributed by atoms with van der Waals surface area (Å²) in [5.41, 5.74) is 2.76. The standard InChI is InChI=1S/C14H19NS/c1-9(2)12-8-11-13(16-12)10(6-7-15-11)14(3,4)5/h6-9H,1-5H3. The number of nitrogens with zero attached hydrogens (tertiary/aromatic N) is 1. The molecule has 0 spiro atoms. The van der Waals surface area contributed by atoms with Crippen LogP contribution in [0.4, 0.5) is 0 Å². The average Bonchev–Trinajstić information content (AvgIpc) is 2.58. The number of hydrogen-bond acceptors (Lipinski definition) is 2. The molecule has 0 fully saturated rings. The van der Waals surface area contributed by atoms with Gasteiger partial charge >= 0.3 is 0 Å². The Labute approximate surface area is 102 Å². The number of thiophene rings is 1. The Hall–Kier alpha value is -0.890. The molecule has 2 heterocycles. The molecule has 2 rings (SSSR count). The summed E-state index contributed by atoms with van der Waals surface area (Å²) in [6, 6.07) is 4.39. The van der Waals surface area contributed by atoms with E-state index in [1.165, 1.54) is 15.1 Å². The number of fused-ring (bicyclic) bond motifs is 1. The second-order valence-electron chi connectivity index (χ2n) is 5.63. The van der Waals surface area contributed by atoms with Gasteiger partial charge in [0.25, 0.3) is 0 Å². The molecule has 0 atom stereocenters. The zero-order chi connectivity index (χ0) is 11.9. The van der Waals surface area contributed by atoms with Crippen LogP contribution < -0.4 is 0 Å². The van der Waals surface area contributed by atoms with E-state index < -0.39 is 0 Å². The highest BCUT2D eigenvalue weighted by Crippen LogP contribution is 2.36. The van der Waals surface area contributed by atoms with E-state index in [-0.39, 0.29) is 5.41 Å². The Kier molecular flexibility index (Phi) is 2.79. The fourth-order valence-corrected chi connectivity index (χ4v) is 3.17. The minimum absolute atomic E-state index is 0.195. The zero-order valence-electron chi connectivity index (χ0n) is 10.7. The van der Waals surface area contributed by atoms with Crippen LogP contribution in [0.3, 0.4) is 0 Å². The summed E-state index contributed by atoms with van der Waals surface area (Å²) in [7, 11) is 0. The molecule has 0 saturated carbocycles. The van der Waals surface area contributed by atoms with Gasteiger partial charge in [0.15, 0.2) is 0 Å². The molecule has 2 aromatic heterocycles. The molecule has 0 amide bonds. The molecule has 0 radical (unpaired) electrons. The van der Waals surface area contributed by atoms with Gasteiger partial charge in [0.05, 0.1) is 10.2 Å². The van der Waals surface area contributed by atoms with Crippen molar-refractivity contribution in [2.75, 3.05) is 0 Å². The SMILES string of the molecule is CC(C)c1cc2nccc(C(C)(C)C)c2s1. The molecule has 86 valence electrons. The molecule has 0 aliphatic carbocycles. The Bertz CT molecular complexity index is 503. The van der Waals surface area contributed by atoms with Gasteiger partial charge in [-0.1, -0.05) is 34.6 Å². The van der Waals surface area contributed by atoms with Crippen LogP contribution in [0.5, 0.6) is 0 Å². The van der Waals surface area contributed by atoms with Crippen LogP contribution in [0.1, 0.15) is 51.0 Å². The highest BCUT2D eigenvalue weighted by molar-refractivity contribution is 7.19. The van der Waals surface area contributed by atoms with E-state index in [0.29, 0.717) is 5.92 Å². The molecule has 0 aliphatic heterocycles. The smallest absolute Gasteiger partial charge is 0.0815 e. The quantitative estimate of drug-likeness (QED) is 0.694. The first kappa shape index (κ1) is 11.6. The topological polar surface area (TPSA) is 12.9 Å². The summed E-state index contributed by atoms with van der Waals surface area (Å²) in [5, 5.41) is 0. The maximum absolute atomic E-state index is 4.47. The molecule has 0 saturated heterocycles. The summed E-state index contributed by atoms with van der Waals surface area (Å²) in [5.74, 6) is 0.590. The molecule has 0 bridgehead atoms. The lowest BCUT2D eigenvalue weighted by Gasteiger charge is -2.19. The molecule has 16 heavy (non-hydrogen) atoms. The number of aromatic nitrogens is 1. The molecule has 2 aromatic rings.